The zero-order valence-electron chi connectivity index (χ0n) is 21.3. The lowest BCUT2D eigenvalue weighted by Gasteiger charge is -2.15. The maximum Gasteiger partial charge on any atom is 0.294 e. The molecular weight excluding hydrogens is 607 g/mol. The van der Waals surface area contributed by atoms with Gasteiger partial charge in [0.05, 0.1) is 14.7 Å². The lowest BCUT2D eigenvalue weighted by Crippen LogP contribution is -2.25. The number of nitrogens with two attached hydrogens (primary N) is 2. The molecule has 224 valence electrons. The van der Waals surface area contributed by atoms with Gasteiger partial charge in [0.15, 0.2) is 17.5 Å². The van der Waals surface area contributed by atoms with Crippen molar-refractivity contribution >= 4 is 43.2 Å². The van der Waals surface area contributed by atoms with E-state index in [9.17, 15) is 49.7 Å². The van der Waals surface area contributed by atoms with Crippen molar-refractivity contribution < 1.29 is 44.5 Å². The first-order chi connectivity index (χ1) is 19.5. The molecule has 13 nitrogen and oxygen atoms in total. The number of nitro groups is 1. The normalized spacial score (nSPS) is 13.4. The van der Waals surface area contributed by atoms with Gasteiger partial charge in [-0.15, -0.1) is 0 Å². The molecule has 3 aromatic carbocycles. The largest absolute Gasteiger partial charge is 0.348 e. The van der Waals surface area contributed by atoms with Crippen LogP contribution < -0.4 is 20.5 Å². The number of benzene rings is 3. The van der Waals surface area contributed by atoms with Gasteiger partial charge in [-0.2, -0.15) is 0 Å². The summed E-state index contributed by atoms with van der Waals surface area (Å²) in [5.74, 6) is -5.18. The fraction of sp³-hybridized carbons (Fsp3) is 0.167. The molecule has 0 spiro atoms. The second-order valence-corrected chi connectivity index (χ2v) is 11.8. The summed E-state index contributed by atoms with van der Waals surface area (Å²) < 4.78 is 83.9. The lowest BCUT2D eigenvalue weighted by atomic mass is 10.1. The summed E-state index contributed by atoms with van der Waals surface area (Å²) in [7, 11) is -7.89. The zero-order valence-corrected chi connectivity index (χ0v) is 22.9. The standard InChI is InChI=1S/C14H11F3N2O3S.C10H11N3O5S/c15-11-6-3-9(12(16)13(11)17)7-19-14(20)8-1-4-10(5-2-8)23(18,21)22;11-19(17,18)7-3-4-8(9(6-7)13(15)16)12-5-1-2-10(12)14/h1-6H,7H2,(H,19,20)(H2,18,21,22);3-4,6H,1-2,5H2,(H2,11,17,18). The van der Waals surface area contributed by atoms with E-state index in [-0.39, 0.29) is 39.1 Å². The minimum atomic E-state index is -4.02. The van der Waals surface area contributed by atoms with Crippen LogP contribution in [-0.4, -0.2) is 40.1 Å². The molecule has 0 atom stereocenters. The van der Waals surface area contributed by atoms with Crippen LogP contribution in [0, 0.1) is 27.6 Å². The fourth-order valence-electron chi connectivity index (χ4n) is 3.73. The number of halogens is 3. The van der Waals surface area contributed by atoms with Gasteiger partial charge in [-0.1, -0.05) is 6.07 Å². The Morgan fingerprint density at radius 2 is 1.52 bits per heavy atom. The van der Waals surface area contributed by atoms with Crippen molar-refractivity contribution in [3.8, 4) is 0 Å². The van der Waals surface area contributed by atoms with E-state index < -0.39 is 54.0 Å². The van der Waals surface area contributed by atoms with Crippen molar-refractivity contribution in [2.75, 3.05) is 11.4 Å². The van der Waals surface area contributed by atoms with Crippen molar-refractivity contribution in [2.45, 2.75) is 29.2 Å². The zero-order chi connectivity index (χ0) is 31.4. The summed E-state index contributed by atoms with van der Waals surface area (Å²) in [4.78, 5) is 34.5. The first-order valence-electron chi connectivity index (χ1n) is 11.7. The molecule has 42 heavy (non-hydrogen) atoms. The predicted molar refractivity (Wildman–Crippen MR) is 141 cm³/mol. The maximum atomic E-state index is 13.5. The summed E-state index contributed by atoms with van der Waals surface area (Å²) in [6.07, 6.45) is 0.945. The number of rotatable bonds is 7. The van der Waals surface area contributed by atoms with Gasteiger partial charge in [0.1, 0.15) is 5.69 Å². The number of amides is 2. The van der Waals surface area contributed by atoms with Crippen molar-refractivity contribution in [3.05, 3.63) is 93.3 Å². The molecule has 0 saturated carbocycles. The number of hydrogen-bond donors (Lipinski definition) is 3. The Kier molecular flexibility index (Phi) is 9.67. The average molecular weight is 630 g/mol. The van der Waals surface area contributed by atoms with E-state index in [1.165, 1.54) is 23.1 Å². The Balaban J connectivity index is 0.000000235. The predicted octanol–water partition coefficient (Wildman–Crippen LogP) is 2.05. The van der Waals surface area contributed by atoms with E-state index >= 15 is 0 Å². The molecule has 0 radical (unpaired) electrons. The summed E-state index contributed by atoms with van der Waals surface area (Å²) in [5, 5.41) is 23.2. The van der Waals surface area contributed by atoms with Crippen LogP contribution in [0.3, 0.4) is 0 Å². The van der Waals surface area contributed by atoms with E-state index in [4.69, 9.17) is 10.3 Å². The highest BCUT2D eigenvalue weighted by atomic mass is 32.2. The maximum absolute atomic E-state index is 13.5. The quantitative estimate of drug-likeness (QED) is 0.199. The number of sulfonamides is 2. The van der Waals surface area contributed by atoms with Gasteiger partial charge in [-0.25, -0.2) is 40.3 Å². The molecule has 18 heteroatoms. The third kappa shape index (κ3) is 7.66. The highest BCUT2D eigenvalue weighted by Crippen LogP contribution is 2.33. The highest BCUT2D eigenvalue weighted by Gasteiger charge is 2.29. The fourth-order valence-corrected chi connectivity index (χ4v) is 4.78. The molecule has 1 aliphatic rings. The monoisotopic (exact) mass is 629 g/mol. The third-order valence-corrected chi connectivity index (χ3v) is 7.68. The number of primary sulfonamides is 2. The van der Waals surface area contributed by atoms with Crippen molar-refractivity contribution in [1.29, 1.82) is 0 Å². The summed E-state index contributed by atoms with van der Waals surface area (Å²) >= 11 is 0. The van der Waals surface area contributed by atoms with Gasteiger partial charge in [0.2, 0.25) is 26.0 Å². The Morgan fingerprint density at radius 1 is 0.929 bits per heavy atom. The van der Waals surface area contributed by atoms with E-state index in [1.54, 1.807) is 0 Å². The van der Waals surface area contributed by atoms with Crippen LogP contribution in [0.2, 0.25) is 0 Å². The highest BCUT2D eigenvalue weighted by molar-refractivity contribution is 7.89. The molecule has 1 heterocycles. The van der Waals surface area contributed by atoms with Gasteiger partial charge in [0, 0.05) is 36.7 Å². The van der Waals surface area contributed by atoms with Gasteiger partial charge in [-0.3, -0.25) is 19.7 Å². The van der Waals surface area contributed by atoms with E-state index in [2.05, 4.69) is 5.32 Å². The molecule has 0 aromatic heterocycles. The summed E-state index contributed by atoms with van der Waals surface area (Å²) in [6.45, 7) is 0.0210. The minimum Gasteiger partial charge on any atom is -0.348 e. The van der Waals surface area contributed by atoms with Crippen molar-refractivity contribution in [2.24, 2.45) is 10.3 Å². The summed E-state index contributed by atoms with van der Waals surface area (Å²) in [5.41, 5.74) is -0.472. The van der Waals surface area contributed by atoms with Crippen molar-refractivity contribution in [1.82, 2.24) is 5.32 Å². The average Bonchev–Trinajstić information content (AvgIpc) is 3.35. The lowest BCUT2D eigenvalue weighted by molar-refractivity contribution is -0.384. The number of hydrogen-bond acceptors (Lipinski definition) is 8. The van der Waals surface area contributed by atoms with Gasteiger partial charge < -0.3 is 10.2 Å². The van der Waals surface area contributed by atoms with Crippen LogP contribution >= 0.6 is 0 Å². The molecule has 0 bridgehead atoms. The molecule has 5 N–H and O–H groups in total. The van der Waals surface area contributed by atoms with Crippen LogP contribution in [0.25, 0.3) is 0 Å². The van der Waals surface area contributed by atoms with Crippen LogP contribution in [0.15, 0.2) is 64.4 Å². The van der Waals surface area contributed by atoms with E-state index in [0.717, 1.165) is 36.4 Å². The van der Waals surface area contributed by atoms with Crippen LogP contribution in [0.1, 0.15) is 28.8 Å². The number of nitro benzene ring substituents is 1. The number of anilines is 1. The van der Waals surface area contributed by atoms with E-state index in [1.807, 2.05) is 0 Å². The first-order valence-corrected chi connectivity index (χ1v) is 14.7. The molecule has 2 amide bonds. The Labute approximate surface area is 237 Å². The van der Waals surface area contributed by atoms with Crippen LogP contribution in [-0.2, 0) is 31.4 Å². The molecule has 3 aromatic rings. The number of carbonyl (C=O) groups is 2. The van der Waals surface area contributed by atoms with Gasteiger partial charge in [-0.05, 0) is 48.9 Å². The first kappa shape index (κ1) is 32.1. The van der Waals surface area contributed by atoms with E-state index in [0.29, 0.717) is 19.4 Å². The smallest absolute Gasteiger partial charge is 0.294 e. The molecule has 1 aliphatic heterocycles. The van der Waals surface area contributed by atoms with Crippen molar-refractivity contribution in [3.63, 3.8) is 0 Å². The topological polar surface area (TPSA) is 213 Å². The number of nitrogens with zero attached hydrogens (tertiary/aromatic N) is 2. The molecule has 0 unspecified atom stereocenters. The summed E-state index contributed by atoms with van der Waals surface area (Å²) in [6, 6.07) is 9.75. The molecule has 0 aliphatic carbocycles. The second kappa shape index (κ2) is 12.6. The second-order valence-electron chi connectivity index (χ2n) is 8.69. The Hall–Kier alpha value is -4.39. The Morgan fingerprint density at radius 3 is 2.05 bits per heavy atom. The van der Waals surface area contributed by atoms with Crippen LogP contribution in [0.5, 0.6) is 0 Å². The number of carbonyl (C=O) groups excluding carboxylic acids is 2. The van der Waals surface area contributed by atoms with Crippen LogP contribution in [0.4, 0.5) is 24.5 Å². The van der Waals surface area contributed by atoms with Gasteiger partial charge in [0.25, 0.3) is 11.6 Å². The Bertz CT molecular complexity index is 1770. The molecule has 1 fully saturated rings. The molecule has 4 rings (SSSR count). The number of nitrogens with one attached hydrogen (secondary N) is 1. The SMILES string of the molecule is NS(=O)(=O)c1ccc(C(=O)NCc2ccc(F)c(F)c2F)cc1.NS(=O)(=O)c1ccc(N2CCCC2=O)c([N+](=O)[O-])c1. The molecular formula is C24H22F3N5O8S2. The third-order valence-electron chi connectivity index (χ3n) is 5.84. The molecule has 1 saturated heterocycles. The van der Waals surface area contributed by atoms with Gasteiger partial charge >= 0.3 is 0 Å². The minimum absolute atomic E-state index is 0.0971.